The molecule has 0 aliphatic carbocycles. The van der Waals surface area contributed by atoms with Crippen LogP contribution in [0.25, 0.3) is 0 Å². The highest BCUT2D eigenvalue weighted by atomic mass is 16.5. The maximum atomic E-state index is 12.5. The van der Waals surface area contributed by atoms with Gasteiger partial charge in [-0.15, -0.1) is 0 Å². The van der Waals surface area contributed by atoms with Crippen molar-refractivity contribution in [3.8, 4) is 5.75 Å². The quantitative estimate of drug-likeness (QED) is 0.453. The van der Waals surface area contributed by atoms with Gasteiger partial charge >= 0.3 is 0 Å². The first-order valence-electron chi connectivity index (χ1n) is 10.7. The zero-order valence-corrected chi connectivity index (χ0v) is 17.6. The zero-order valence-electron chi connectivity index (χ0n) is 17.6. The zero-order chi connectivity index (χ0) is 20.5. The molecule has 0 N–H and O–H groups in total. The number of ether oxygens (including phenoxy) is 1. The highest BCUT2D eigenvalue weighted by molar-refractivity contribution is 5.32. The van der Waals surface area contributed by atoms with Crippen LogP contribution in [0.5, 0.6) is 5.75 Å². The van der Waals surface area contributed by atoms with Crippen molar-refractivity contribution in [3.05, 3.63) is 99.5 Å². The topological polar surface area (TPSA) is 31.2 Å². The molecule has 3 nitrogen and oxygen atoms in total. The number of aromatic nitrogens is 1. The van der Waals surface area contributed by atoms with E-state index in [1.54, 1.807) is 10.6 Å². The fourth-order valence-electron chi connectivity index (χ4n) is 3.60. The number of pyridine rings is 1. The third-order valence-electron chi connectivity index (χ3n) is 5.17. The number of aryl methyl sites for hydroxylation is 4. The standard InChI is InChI=1S/C26H31NO2/c1-3-8-23-13-12-21(18-24(23)9-4-2)14-16-27-17-15-25(19-26(27)28)29-20-22-10-6-5-7-11-22/h5-7,10-13,15,17-19H,3-4,8-9,14,16,20H2,1-2H3. The van der Waals surface area contributed by atoms with Crippen molar-refractivity contribution in [2.24, 2.45) is 0 Å². The van der Waals surface area contributed by atoms with Gasteiger partial charge in [0.25, 0.3) is 5.56 Å². The monoisotopic (exact) mass is 389 g/mol. The Balaban J connectivity index is 1.62. The van der Waals surface area contributed by atoms with Crippen LogP contribution in [-0.4, -0.2) is 4.57 Å². The van der Waals surface area contributed by atoms with Gasteiger partial charge in [0, 0.05) is 18.8 Å². The van der Waals surface area contributed by atoms with Crippen molar-refractivity contribution < 1.29 is 4.74 Å². The predicted octanol–water partition coefficient (Wildman–Crippen LogP) is 5.58. The fourth-order valence-corrected chi connectivity index (χ4v) is 3.60. The highest BCUT2D eigenvalue weighted by Crippen LogP contribution is 2.17. The molecule has 0 aliphatic rings. The first kappa shape index (κ1) is 20.9. The molecule has 0 radical (unpaired) electrons. The van der Waals surface area contributed by atoms with E-state index in [4.69, 9.17) is 4.74 Å². The summed E-state index contributed by atoms with van der Waals surface area (Å²) in [5.74, 6) is 0.615. The Morgan fingerprint density at radius 1 is 0.793 bits per heavy atom. The van der Waals surface area contributed by atoms with E-state index >= 15 is 0 Å². The van der Waals surface area contributed by atoms with Gasteiger partial charge in [-0.05, 0) is 47.6 Å². The second-order valence-electron chi connectivity index (χ2n) is 7.52. The molecule has 0 unspecified atom stereocenters. The summed E-state index contributed by atoms with van der Waals surface area (Å²) in [6.07, 6.45) is 7.28. The Morgan fingerprint density at radius 2 is 1.55 bits per heavy atom. The van der Waals surface area contributed by atoms with Crippen LogP contribution in [-0.2, 0) is 32.4 Å². The van der Waals surface area contributed by atoms with Crippen LogP contribution in [0.4, 0.5) is 0 Å². The first-order valence-corrected chi connectivity index (χ1v) is 10.7. The van der Waals surface area contributed by atoms with Gasteiger partial charge in [0.15, 0.2) is 0 Å². The summed E-state index contributed by atoms with van der Waals surface area (Å²) in [6, 6.07) is 20.2. The number of benzene rings is 2. The van der Waals surface area contributed by atoms with Crippen LogP contribution >= 0.6 is 0 Å². The SMILES string of the molecule is CCCc1ccc(CCn2ccc(OCc3ccccc3)cc2=O)cc1CCC. The van der Waals surface area contributed by atoms with Crippen molar-refractivity contribution in [1.29, 1.82) is 0 Å². The molecule has 0 saturated carbocycles. The number of hydrogen-bond acceptors (Lipinski definition) is 2. The van der Waals surface area contributed by atoms with E-state index in [0.29, 0.717) is 18.9 Å². The maximum absolute atomic E-state index is 12.5. The van der Waals surface area contributed by atoms with Crippen molar-refractivity contribution >= 4 is 0 Å². The van der Waals surface area contributed by atoms with Gasteiger partial charge in [-0.25, -0.2) is 0 Å². The fraction of sp³-hybridized carbons (Fsp3) is 0.346. The maximum Gasteiger partial charge on any atom is 0.254 e. The average Bonchev–Trinajstić information content (AvgIpc) is 2.74. The third kappa shape index (κ3) is 6.08. The molecule has 0 spiro atoms. The largest absolute Gasteiger partial charge is 0.489 e. The normalized spacial score (nSPS) is 10.8. The van der Waals surface area contributed by atoms with Crippen molar-refractivity contribution in [1.82, 2.24) is 4.57 Å². The van der Waals surface area contributed by atoms with Crippen LogP contribution in [0.2, 0.25) is 0 Å². The van der Waals surface area contributed by atoms with Gasteiger partial charge in [0.2, 0.25) is 0 Å². The van der Waals surface area contributed by atoms with Gasteiger partial charge in [-0.1, -0.05) is 75.2 Å². The lowest BCUT2D eigenvalue weighted by Gasteiger charge is -2.12. The van der Waals surface area contributed by atoms with Crippen LogP contribution in [0, 0.1) is 0 Å². The minimum Gasteiger partial charge on any atom is -0.489 e. The molecule has 3 rings (SSSR count). The highest BCUT2D eigenvalue weighted by Gasteiger charge is 2.05. The van der Waals surface area contributed by atoms with Crippen LogP contribution < -0.4 is 10.3 Å². The lowest BCUT2D eigenvalue weighted by Crippen LogP contribution is -2.19. The summed E-state index contributed by atoms with van der Waals surface area (Å²) in [7, 11) is 0. The van der Waals surface area contributed by atoms with E-state index in [1.165, 1.54) is 23.1 Å². The van der Waals surface area contributed by atoms with E-state index in [9.17, 15) is 4.79 Å². The first-order chi connectivity index (χ1) is 14.2. The summed E-state index contributed by atoms with van der Waals surface area (Å²) in [4.78, 5) is 12.5. The van der Waals surface area contributed by atoms with Crippen LogP contribution in [0.3, 0.4) is 0 Å². The van der Waals surface area contributed by atoms with E-state index < -0.39 is 0 Å². The predicted molar refractivity (Wildman–Crippen MR) is 120 cm³/mol. The summed E-state index contributed by atoms with van der Waals surface area (Å²) in [5.41, 5.74) is 5.29. The van der Waals surface area contributed by atoms with Gasteiger partial charge in [-0.2, -0.15) is 0 Å². The lowest BCUT2D eigenvalue weighted by atomic mass is 9.96. The van der Waals surface area contributed by atoms with Gasteiger partial charge < -0.3 is 9.30 Å². The van der Waals surface area contributed by atoms with Gasteiger partial charge in [0.05, 0.1) is 0 Å². The van der Waals surface area contributed by atoms with E-state index in [2.05, 4.69) is 32.0 Å². The van der Waals surface area contributed by atoms with Crippen molar-refractivity contribution in [2.75, 3.05) is 0 Å². The molecule has 0 aliphatic heterocycles. The second-order valence-corrected chi connectivity index (χ2v) is 7.52. The molecule has 0 bridgehead atoms. The molecule has 3 aromatic rings. The Kier molecular flexibility index (Phi) is 7.69. The smallest absolute Gasteiger partial charge is 0.254 e. The third-order valence-corrected chi connectivity index (χ3v) is 5.17. The molecular formula is C26H31NO2. The van der Waals surface area contributed by atoms with Crippen LogP contribution in [0.15, 0.2) is 71.7 Å². The molecule has 0 atom stereocenters. The Morgan fingerprint density at radius 3 is 2.28 bits per heavy atom. The van der Waals surface area contributed by atoms with E-state index in [1.807, 2.05) is 42.6 Å². The number of hydrogen-bond donors (Lipinski definition) is 0. The summed E-state index contributed by atoms with van der Waals surface area (Å²) < 4.78 is 7.51. The average molecular weight is 390 g/mol. The molecule has 152 valence electrons. The van der Waals surface area contributed by atoms with Crippen molar-refractivity contribution in [2.45, 2.75) is 59.1 Å². The van der Waals surface area contributed by atoms with Crippen molar-refractivity contribution in [3.63, 3.8) is 0 Å². The molecule has 0 fully saturated rings. The van der Waals surface area contributed by atoms with Gasteiger partial charge in [0.1, 0.15) is 12.4 Å². The summed E-state index contributed by atoms with van der Waals surface area (Å²) in [6.45, 7) is 5.59. The molecular weight excluding hydrogens is 358 g/mol. The minimum absolute atomic E-state index is 0.0213. The molecule has 1 aromatic heterocycles. The molecule has 0 amide bonds. The molecule has 29 heavy (non-hydrogen) atoms. The lowest BCUT2D eigenvalue weighted by molar-refractivity contribution is 0.305. The van der Waals surface area contributed by atoms with Gasteiger partial charge in [-0.3, -0.25) is 4.79 Å². The molecule has 2 aromatic carbocycles. The Bertz CT molecular complexity index is 960. The van der Waals surface area contributed by atoms with E-state index in [0.717, 1.165) is 31.2 Å². The Hall–Kier alpha value is -2.81. The number of nitrogens with zero attached hydrogens (tertiary/aromatic N) is 1. The summed E-state index contributed by atoms with van der Waals surface area (Å²) >= 11 is 0. The van der Waals surface area contributed by atoms with E-state index in [-0.39, 0.29) is 5.56 Å². The molecule has 3 heteroatoms. The Labute approximate surface area is 174 Å². The minimum atomic E-state index is -0.0213. The number of rotatable bonds is 10. The second kappa shape index (κ2) is 10.7. The summed E-state index contributed by atoms with van der Waals surface area (Å²) in [5, 5.41) is 0. The van der Waals surface area contributed by atoms with Crippen LogP contribution in [0.1, 0.15) is 48.9 Å². The molecule has 1 heterocycles. The molecule has 0 saturated heterocycles.